The van der Waals surface area contributed by atoms with Gasteiger partial charge < -0.3 is 10.3 Å². The van der Waals surface area contributed by atoms with E-state index in [0.29, 0.717) is 5.56 Å². The zero-order valence-corrected chi connectivity index (χ0v) is 7.30. The predicted molar refractivity (Wildman–Crippen MR) is 44.4 cm³/mol. The Hall–Kier alpha value is -0.580. The second-order valence-electron chi connectivity index (χ2n) is 2.11. The first-order valence-electron chi connectivity index (χ1n) is 3.08. The quantitative estimate of drug-likeness (QED) is 0.661. The number of nitrogens with one attached hydrogen (secondary N) is 1. The van der Waals surface area contributed by atoms with Crippen LogP contribution in [0.1, 0.15) is 5.56 Å². The van der Waals surface area contributed by atoms with E-state index in [0.717, 1.165) is 4.47 Å². The Kier molecular flexibility index (Phi) is 2.87. The number of aromatic hydroxyl groups is 1. The summed E-state index contributed by atoms with van der Waals surface area (Å²) in [5, 5.41) is 17.6. The molecule has 0 radical (unpaired) electrons. The highest BCUT2D eigenvalue weighted by Crippen LogP contribution is 2.21. The summed E-state index contributed by atoms with van der Waals surface area (Å²) in [6, 6.07) is 5.10. The van der Waals surface area contributed by atoms with Gasteiger partial charge in [0.25, 0.3) is 0 Å². The van der Waals surface area contributed by atoms with E-state index in [9.17, 15) is 5.11 Å². The van der Waals surface area contributed by atoms with Gasteiger partial charge in [-0.25, -0.2) is 5.48 Å². The van der Waals surface area contributed by atoms with E-state index in [1.54, 1.807) is 18.2 Å². The monoisotopic (exact) mass is 217 g/mol. The van der Waals surface area contributed by atoms with Crippen molar-refractivity contribution < 1.29 is 10.3 Å². The maximum Gasteiger partial charge on any atom is 0.121 e. The largest absolute Gasteiger partial charge is 0.508 e. The summed E-state index contributed by atoms with van der Waals surface area (Å²) in [6.45, 7) is 0.249. The molecule has 0 heterocycles. The summed E-state index contributed by atoms with van der Waals surface area (Å²) in [5.74, 6) is 0.168. The molecule has 0 amide bonds. The minimum Gasteiger partial charge on any atom is -0.508 e. The highest BCUT2D eigenvalue weighted by atomic mass is 79.9. The first kappa shape index (κ1) is 8.52. The Balaban J connectivity index is 2.90. The highest BCUT2D eigenvalue weighted by Gasteiger charge is 1.99. The molecule has 60 valence electrons. The van der Waals surface area contributed by atoms with Crippen molar-refractivity contribution in [3.05, 3.63) is 28.2 Å². The topological polar surface area (TPSA) is 52.5 Å². The van der Waals surface area contributed by atoms with E-state index in [1.807, 2.05) is 5.48 Å². The molecule has 1 aromatic carbocycles. The molecule has 0 fully saturated rings. The maximum absolute atomic E-state index is 9.24. The van der Waals surface area contributed by atoms with Crippen LogP contribution < -0.4 is 5.48 Å². The van der Waals surface area contributed by atoms with Gasteiger partial charge in [0, 0.05) is 16.6 Å². The minimum atomic E-state index is 0.168. The van der Waals surface area contributed by atoms with Gasteiger partial charge in [-0.2, -0.15) is 0 Å². The van der Waals surface area contributed by atoms with Gasteiger partial charge in [0.05, 0.1) is 0 Å². The second kappa shape index (κ2) is 3.71. The Morgan fingerprint density at radius 3 is 2.73 bits per heavy atom. The van der Waals surface area contributed by atoms with Gasteiger partial charge >= 0.3 is 0 Å². The molecule has 0 spiro atoms. The lowest BCUT2D eigenvalue weighted by Crippen LogP contribution is -2.05. The third-order valence-electron chi connectivity index (χ3n) is 1.32. The molecule has 0 aliphatic heterocycles. The van der Waals surface area contributed by atoms with Gasteiger partial charge in [-0.3, -0.25) is 0 Å². The van der Waals surface area contributed by atoms with Crippen LogP contribution >= 0.6 is 15.9 Å². The average Bonchev–Trinajstić information content (AvgIpc) is 1.95. The van der Waals surface area contributed by atoms with Crippen molar-refractivity contribution in [2.24, 2.45) is 0 Å². The van der Waals surface area contributed by atoms with Crippen LogP contribution in [0.4, 0.5) is 0 Å². The molecule has 0 saturated heterocycles. The molecule has 1 aromatic rings. The molecule has 0 aliphatic rings. The Labute approximate surface area is 72.8 Å². The molecule has 1 rings (SSSR count). The highest BCUT2D eigenvalue weighted by molar-refractivity contribution is 9.10. The Bertz CT molecular complexity index is 252. The SMILES string of the molecule is ONCc1ccc(Br)cc1O. The molecule has 4 heteroatoms. The first-order chi connectivity index (χ1) is 5.24. The number of hydrogen-bond acceptors (Lipinski definition) is 3. The fraction of sp³-hybridized carbons (Fsp3) is 0.143. The van der Waals surface area contributed by atoms with Crippen molar-refractivity contribution in [2.75, 3.05) is 0 Å². The van der Waals surface area contributed by atoms with Gasteiger partial charge in [0.2, 0.25) is 0 Å². The lowest BCUT2D eigenvalue weighted by atomic mass is 10.2. The molecular formula is C7H8BrNO2. The molecule has 3 nitrogen and oxygen atoms in total. The van der Waals surface area contributed by atoms with Crippen LogP contribution in [0.5, 0.6) is 5.75 Å². The molecule has 0 saturated carbocycles. The van der Waals surface area contributed by atoms with Crippen molar-refractivity contribution in [1.29, 1.82) is 0 Å². The summed E-state index contributed by atoms with van der Waals surface area (Å²) in [6.07, 6.45) is 0. The summed E-state index contributed by atoms with van der Waals surface area (Å²) < 4.78 is 0.816. The summed E-state index contributed by atoms with van der Waals surface area (Å²) in [7, 11) is 0. The van der Waals surface area contributed by atoms with Crippen LogP contribution in [0.2, 0.25) is 0 Å². The first-order valence-corrected chi connectivity index (χ1v) is 3.87. The normalized spacial score (nSPS) is 10.0. The van der Waals surface area contributed by atoms with Gasteiger partial charge in [-0.1, -0.05) is 22.0 Å². The number of phenols is 1. The smallest absolute Gasteiger partial charge is 0.121 e. The van der Waals surface area contributed by atoms with Crippen molar-refractivity contribution in [3.63, 3.8) is 0 Å². The molecule has 0 atom stereocenters. The van der Waals surface area contributed by atoms with Gasteiger partial charge in [-0.15, -0.1) is 0 Å². The average molecular weight is 218 g/mol. The number of benzene rings is 1. The summed E-state index contributed by atoms with van der Waals surface area (Å²) in [5.41, 5.74) is 2.63. The molecule has 0 bridgehead atoms. The van der Waals surface area contributed by atoms with E-state index < -0.39 is 0 Å². The number of rotatable bonds is 2. The Morgan fingerprint density at radius 1 is 1.45 bits per heavy atom. The van der Waals surface area contributed by atoms with Crippen molar-refractivity contribution in [1.82, 2.24) is 5.48 Å². The van der Waals surface area contributed by atoms with Gasteiger partial charge in [0.15, 0.2) is 0 Å². The third-order valence-corrected chi connectivity index (χ3v) is 1.81. The fourth-order valence-electron chi connectivity index (χ4n) is 0.772. The fourth-order valence-corrected chi connectivity index (χ4v) is 1.12. The zero-order chi connectivity index (χ0) is 8.27. The molecule has 3 N–H and O–H groups in total. The lowest BCUT2D eigenvalue weighted by molar-refractivity contribution is 0.160. The second-order valence-corrected chi connectivity index (χ2v) is 3.02. The number of phenolic OH excluding ortho intramolecular Hbond substituents is 1. The van der Waals surface area contributed by atoms with Gasteiger partial charge in [0.1, 0.15) is 5.75 Å². The van der Waals surface area contributed by atoms with Crippen LogP contribution in [-0.4, -0.2) is 10.3 Å². The Morgan fingerprint density at radius 2 is 2.18 bits per heavy atom. The zero-order valence-electron chi connectivity index (χ0n) is 5.71. The molecule has 0 aliphatic carbocycles. The summed E-state index contributed by atoms with van der Waals surface area (Å²) in [4.78, 5) is 0. The van der Waals surface area contributed by atoms with Crippen LogP contribution in [0.3, 0.4) is 0 Å². The molecule has 0 unspecified atom stereocenters. The number of hydrogen-bond donors (Lipinski definition) is 3. The number of halogens is 1. The maximum atomic E-state index is 9.24. The third kappa shape index (κ3) is 2.18. The van der Waals surface area contributed by atoms with Crippen LogP contribution in [0, 0.1) is 0 Å². The van der Waals surface area contributed by atoms with Crippen molar-refractivity contribution >= 4 is 15.9 Å². The molecular weight excluding hydrogens is 210 g/mol. The van der Waals surface area contributed by atoms with E-state index >= 15 is 0 Å². The standard InChI is InChI=1S/C7H8BrNO2/c8-6-2-1-5(4-9-11)7(10)3-6/h1-3,9-11H,4H2. The summed E-state index contributed by atoms with van der Waals surface area (Å²) >= 11 is 3.20. The van der Waals surface area contributed by atoms with E-state index in [1.165, 1.54) is 0 Å². The van der Waals surface area contributed by atoms with E-state index in [4.69, 9.17) is 5.21 Å². The van der Waals surface area contributed by atoms with E-state index in [-0.39, 0.29) is 12.3 Å². The molecule has 0 aromatic heterocycles. The minimum absolute atomic E-state index is 0.168. The lowest BCUT2D eigenvalue weighted by Gasteiger charge is -2.02. The van der Waals surface area contributed by atoms with E-state index in [2.05, 4.69) is 15.9 Å². The van der Waals surface area contributed by atoms with Crippen molar-refractivity contribution in [3.8, 4) is 5.75 Å². The van der Waals surface area contributed by atoms with Crippen LogP contribution in [-0.2, 0) is 6.54 Å². The van der Waals surface area contributed by atoms with Crippen molar-refractivity contribution in [2.45, 2.75) is 6.54 Å². The van der Waals surface area contributed by atoms with Crippen LogP contribution in [0.15, 0.2) is 22.7 Å². The number of hydroxylamine groups is 1. The van der Waals surface area contributed by atoms with Crippen LogP contribution in [0.25, 0.3) is 0 Å². The predicted octanol–water partition coefficient (Wildman–Crippen LogP) is 1.63. The molecule has 11 heavy (non-hydrogen) atoms. The van der Waals surface area contributed by atoms with Gasteiger partial charge in [-0.05, 0) is 12.1 Å².